The summed E-state index contributed by atoms with van der Waals surface area (Å²) in [7, 11) is 0. The van der Waals surface area contributed by atoms with Crippen molar-refractivity contribution in [3.05, 3.63) is 57.0 Å². The fraction of sp³-hybridized carbons (Fsp3) is 0.250. The molecule has 3 rings (SSSR count). The van der Waals surface area contributed by atoms with Gasteiger partial charge in [-0.05, 0) is 64.7 Å². The van der Waals surface area contributed by atoms with E-state index in [1.807, 2.05) is 30.3 Å². The number of benzene rings is 2. The molecule has 0 aliphatic heterocycles. The van der Waals surface area contributed by atoms with Crippen molar-refractivity contribution in [1.29, 1.82) is 0 Å². The van der Waals surface area contributed by atoms with Gasteiger partial charge in [-0.2, -0.15) is 0 Å². The van der Waals surface area contributed by atoms with Crippen molar-refractivity contribution >= 4 is 31.9 Å². The van der Waals surface area contributed by atoms with Gasteiger partial charge in [0.2, 0.25) is 0 Å². The molecule has 2 nitrogen and oxygen atoms in total. The molecule has 104 valence electrons. The molecule has 0 heterocycles. The van der Waals surface area contributed by atoms with E-state index < -0.39 is 0 Å². The summed E-state index contributed by atoms with van der Waals surface area (Å²) in [5.74, 6) is 1.65. The average molecular weight is 397 g/mol. The van der Waals surface area contributed by atoms with E-state index >= 15 is 0 Å². The SMILES string of the molecule is Brc1cccc(Oc2ccc(CNC3CC3)cc2Br)c1. The molecule has 1 saturated carbocycles. The summed E-state index contributed by atoms with van der Waals surface area (Å²) in [5, 5.41) is 3.51. The molecule has 0 bridgehead atoms. The molecule has 1 aliphatic carbocycles. The standard InChI is InChI=1S/C16H15Br2NO/c17-12-2-1-3-14(9-12)20-16-7-4-11(8-15(16)18)10-19-13-5-6-13/h1-4,7-9,13,19H,5-6,10H2. The smallest absolute Gasteiger partial charge is 0.141 e. The molecule has 0 saturated heterocycles. The predicted octanol–water partition coefficient (Wildman–Crippen LogP) is 5.26. The van der Waals surface area contributed by atoms with E-state index in [2.05, 4.69) is 49.3 Å². The Hall–Kier alpha value is -0.840. The maximum Gasteiger partial charge on any atom is 0.141 e. The van der Waals surface area contributed by atoms with E-state index in [0.29, 0.717) is 0 Å². The van der Waals surface area contributed by atoms with E-state index in [4.69, 9.17) is 4.74 Å². The van der Waals surface area contributed by atoms with Gasteiger partial charge in [0.1, 0.15) is 11.5 Å². The van der Waals surface area contributed by atoms with Crippen LogP contribution >= 0.6 is 31.9 Å². The second-order valence-corrected chi connectivity index (χ2v) is 6.75. The second kappa shape index (κ2) is 6.29. The van der Waals surface area contributed by atoms with Gasteiger partial charge in [0, 0.05) is 17.1 Å². The number of hydrogen-bond acceptors (Lipinski definition) is 2. The molecule has 20 heavy (non-hydrogen) atoms. The Kier molecular flexibility index (Phi) is 4.44. The van der Waals surface area contributed by atoms with Crippen LogP contribution in [0.3, 0.4) is 0 Å². The van der Waals surface area contributed by atoms with Gasteiger partial charge in [-0.25, -0.2) is 0 Å². The van der Waals surface area contributed by atoms with Crippen LogP contribution in [0.1, 0.15) is 18.4 Å². The van der Waals surface area contributed by atoms with Gasteiger partial charge in [-0.1, -0.05) is 28.1 Å². The zero-order valence-electron chi connectivity index (χ0n) is 10.9. The van der Waals surface area contributed by atoms with Gasteiger partial charge in [0.15, 0.2) is 0 Å². The van der Waals surface area contributed by atoms with E-state index in [1.54, 1.807) is 0 Å². The Morgan fingerprint density at radius 3 is 2.65 bits per heavy atom. The molecule has 2 aromatic carbocycles. The van der Waals surface area contributed by atoms with Crippen molar-refractivity contribution in [2.75, 3.05) is 0 Å². The highest BCUT2D eigenvalue weighted by atomic mass is 79.9. The van der Waals surface area contributed by atoms with Crippen LogP contribution in [0.4, 0.5) is 0 Å². The Morgan fingerprint density at radius 2 is 1.95 bits per heavy atom. The third-order valence-corrected chi connectivity index (χ3v) is 4.31. The lowest BCUT2D eigenvalue weighted by Crippen LogP contribution is -2.15. The maximum absolute atomic E-state index is 5.89. The minimum absolute atomic E-state index is 0.728. The van der Waals surface area contributed by atoms with Crippen LogP contribution in [-0.4, -0.2) is 6.04 Å². The van der Waals surface area contributed by atoms with Crippen molar-refractivity contribution < 1.29 is 4.74 Å². The van der Waals surface area contributed by atoms with Gasteiger partial charge < -0.3 is 10.1 Å². The molecule has 4 heteroatoms. The van der Waals surface area contributed by atoms with Gasteiger partial charge in [0.05, 0.1) is 4.47 Å². The third kappa shape index (κ3) is 3.84. The summed E-state index contributed by atoms with van der Waals surface area (Å²) in [5.41, 5.74) is 1.27. The lowest BCUT2D eigenvalue weighted by Gasteiger charge is -2.10. The normalized spacial score (nSPS) is 14.3. The summed E-state index contributed by atoms with van der Waals surface area (Å²) >= 11 is 7.03. The predicted molar refractivity (Wildman–Crippen MR) is 88.2 cm³/mol. The summed E-state index contributed by atoms with van der Waals surface area (Å²) in [6, 6.07) is 14.8. The summed E-state index contributed by atoms with van der Waals surface area (Å²) in [4.78, 5) is 0. The van der Waals surface area contributed by atoms with Crippen molar-refractivity contribution in [3.63, 3.8) is 0 Å². The topological polar surface area (TPSA) is 21.3 Å². The van der Waals surface area contributed by atoms with Crippen LogP contribution in [0.25, 0.3) is 0 Å². The Balaban J connectivity index is 1.69. The van der Waals surface area contributed by atoms with Crippen molar-refractivity contribution in [3.8, 4) is 11.5 Å². The van der Waals surface area contributed by atoms with Crippen molar-refractivity contribution in [2.24, 2.45) is 0 Å². The highest BCUT2D eigenvalue weighted by Crippen LogP contribution is 2.31. The molecule has 1 fully saturated rings. The highest BCUT2D eigenvalue weighted by molar-refractivity contribution is 9.10. The van der Waals surface area contributed by atoms with Crippen LogP contribution < -0.4 is 10.1 Å². The zero-order valence-corrected chi connectivity index (χ0v) is 14.1. The Bertz CT molecular complexity index is 611. The minimum Gasteiger partial charge on any atom is -0.456 e. The first-order valence-electron chi connectivity index (χ1n) is 6.66. The third-order valence-electron chi connectivity index (χ3n) is 3.19. The number of nitrogens with one attached hydrogen (secondary N) is 1. The van der Waals surface area contributed by atoms with Crippen LogP contribution in [0, 0.1) is 0 Å². The lowest BCUT2D eigenvalue weighted by molar-refractivity contribution is 0.479. The van der Waals surface area contributed by atoms with E-state index in [0.717, 1.165) is 33.0 Å². The van der Waals surface area contributed by atoms with Crippen LogP contribution in [0.2, 0.25) is 0 Å². The van der Waals surface area contributed by atoms with E-state index in [9.17, 15) is 0 Å². The molecule has 0 unspecified atom stereocenters. The van der Waals surface area contributed by atoms with E-state index in [-0.39, 0.29) is 0 Å². The molecule has 0 radical (unpaired) electrons. The van der Waals surface area contributed by atoms with Gasteiger partial charge in [-0.3, -0.25) is 0 Å². The van der Waals surface area contributed by atoms with Crippen molar-refractivity contribution in [1.82, 2.24) is 5.32 Å². The zero-order chi connectivity index (χ0) is 13.9. The summed E-state index contributed by atoms with van der Waals surface area (Å²) in [6.07, 6.45) is 2.62. The van der Waals surface area contributed by atoms with Gasteiger partial charge >= 0.3 is 0 Å². The number of halogens is 2. The number of hydrogen-bond donors (Lipinski definition) is 1. The molecule has 0 spiro atoms. The molecule has 1 aliphatic rings. The Labute approximate surface area is 135 Å². The first kappa shape index (κ1) is 14.1. The van der Waals surface area contributed by atoms with Crippen LogP contribution in [-0.2, 0) is 6.54 Å². The summed E-state index contributed by atoms with van der Waals surface area (Å²) < 4.78 is 7.88. The van der Waals surface area contributed by atoms with Gasteiger partial charge in [-0.15, -0.1) is 0 Å². The monoisotopic (exact) mass is 395 g/mol. The lowest BCUT2D eigenvalue weighted by atomic mass is 10.2. The summed E-state index contributed by atoms with van der Waals surface area (Å²) in [6.45, 7) is 0.917. The second-order valence-electron chi connectivity index (χ2n) is 4.98. The molecule has 0 amide bonds. The molecule has 2 aromatic rings. The highest BCUT2D eigenvalue weighted by Gasteiger charge is 2.20. The maximum atomic E-state index is 5.89. The average Bonchev–Trinajstić information content (AvgIpc) is 3.23. The molecular weight excluding hydrogens is 382 g/mol. The fourth-order valence-corrected chi connectivity index (χ4v) is 2.83. The first-order valence-corrected chi connectivity index (χ1v) is 8.24. The van der Waals surface area contributed by atoms with Gasteiger partial charge in [0.25, 0.3) is 0 Å². The molecule has 1 N–H and O–H groups in total. The fourth-order valence-electron chi connectivity index (χ4n) is 1.94. The largest absolute Gasteiger partial charge is 0.456 e. The van der Waals surface area contributed by atoms with Crippen LogP contribution in [0.15, 0.2) is 51.4 Å². The first-order chi connectivity index (χ1) is 9.70. The number of ether oxygens (including phenoxy) is 1. The quantitative estimate of drug-likeness (QED) is 0.744. The number of rotatable bonds is 5. The molecular formula is C16H15Br2NO. The molecule has 0 atom stereocenters. The Morgan fingerprint density at radius 1 is 1.10 bits per heavy atom. The van der Waals surface area contributed by atoms with E-state index in [1.165, 1.54) is 18.4 Å². The minimum atomic E-state index is 0.728. The van der Waals surface area contributed by atoms with Crippen molar-refractivity contribution in [2.45, 2.75) is 25.4 Å². The van der Waals surface area contributed by atoms with Crippen LogP contribution in [0.5, 0.6) is 11.5 Å². The molecule has 0 aromatic heterocycles.